The lowest BCUT2D eigenvalue weighted by Crippen LogP contribution is -2.33. The summed E-state index contributed by atoms with van der Waals surface area (Å²) in [6.07, 6.45) is 3.11. The third kappa shape index (κ3) is 4.26. The topological polar surface area (TPSA) is 59.6 Å². The molecule has 2 saturated heterocycles. The maximum Gasteiger partial charge on any atom is 0.224 e. The first-order valence-electron chi connectivity index (χ1n) is 6.54. The first-order chi connectivity index (χ1) is 8.36. The minimum Gasteiger partial charge on any atom is -0.379 e. The van der Waals surface area contributed by atoms with Gasteiger partial charge in [0, 0.05) is 26.3 Å². The molecular formula is C12H22N2O3. The molecule has 0 saturated carbocycles. The lowest BCUT2D eigenvalue weighted by Gasteiger charge is -2.11. The second-order valence-corrected chi connectivity index (χ2v) is 4.69. The summed E-state index contributed by atoms with van der Waals surface area (Å²) in [5.41, 5.74) is 0. The van der Waals surface area contributed by atoms with Gasteiger partial charge in [0.2, 0.25) is 5.91 Å². The smallest absolute Gasteiger partial charge is 0.224 e. The summed E-state index contributed by atoms with van der Waals surface area (Å²) in [5, 5.41) is 6.15. The van der Waals surface area contributed by atoms with Gasteiger partial charge in [0.05, 0.1) is 18.6 Å². The van der Waals surface area contributed by atoms with Gasteiger partial charge in [0.1, 0.15) is 0 Å². The molecule has 0 aromatic heterocycles. The molecule has 17 heavy (non-hydrogen) atoms. The maximum atomic E-state index is 11.7. The van der Waals surface area contributed by atoms with Crippen molar-refractivity contribution in [2.45, 2.75) is 25.4 Å². The third-order valence-corrected chi connectivity index (χ3v) is 3.29. The Morgan fingerprint density at radius 2 is 2.41 bits per heavy atom. The van der Waals surface area contributed by atoms with Crippen LogP contribution in [0.1, 0.15) is 19.3 Å². The minimum absolute atomic E-state index is 0.166. The molecule has 0 aromatic carbocycles. The molecule has 2 rings (SSSR count). The molecule has 2 atom stereocenters. The molecule has 2 unspecified atom stereocenters. The number of amides is 1. The molecule has 2 N–H and O–H groups in total. The van der Waals surface area contributed by atoms with Gasteiger partial charge >= 0.3 is 0 Å². The number of hydrogen-bond acceptors (Lipinski definition) is 4. The number of carbonyl (C=O) groups is 1. The van der Waals surface area contributed by atoms with Crippen LogP contribution in [0.5, 0.6) is 0 Å². The van der Waals surface area contributed by atoms with E-state index in [4.69, 9.17) is 9.47 Å². The van der Waals surface area contributed by atoms with E-state index in [1.165, 1.54) is 0 Å². The van der Waals surface area contributed by atoms with E-state index in [0.717, 1.165) is 45.6 Å². The van der Waals surface area contributed by atoms with E-state index in [-0.39, 0.29) is 17.9 Å². The van der Waals surface area contributed by atoms with E-state index in [0.29, 0.717) is 13.2 Å². The summed E-state index contributed by atoms with van der Waals surface area (Å²) in [4.78, 5) is 11.7. The highest BCUT2D eigenvalue weighted by molar-refractivity contribution is 5.79. The van der Waals surface area contributed by atoms with E-state index in [9.17, 15) is 4.79 Å². The first-order valence-corrected chi connectivity index (χ1v) is 6.54. The Bertz CT molecular complexity index is 236. The average Bonchev–Trinajstić information content (AvgIpc) is 3.01. The van der Waals surface area contributed by atoms with Gasteiger partial charge in [-0.05, 0) is 25.8 Å². The monoisotopic (exact) mass is 242 g/mol. The predicted octanol–water partition coefficient (Wildman–Crippen LogP) is -0.0923. The van der Waals surface area contributed by atoms with Gasteiger partial charge in [0.15, 0.2) is 0 Å². The van der Waals surface area contributed by atoms with Gasteiger partial charge in [-0.1, -0.05) is 0 Å². The molecule has 0 radical (unpaired) electrons. The Kier molecular flexibility index (Phi) is 5.22. The van der Waals surface area contributed by atoms with E-state index >= 15 is 0 Å². The number of ether oxygens (including phenoxy) is 2. The number of rotatable bonds is 6. The molecule has 98 valence electrons. The summed E-state index contributed by atoms with van der Waals surface area (Å²) in [6.45, 7) is 4.74. The fraction of sp³-hybridized carbons (Fsp3) is 0.917. The molecule has 0 spiro atoms. The largest absolute Gasteiger partial charge is 0.379 e. The Hall–Kier alpha value is -0.650. The number of carbonyl (C=O) groups excluding carboxylic acids is 1. The Balaban J connectivity index is 1.46. The van der Waals surface area contributed by atoms with Crippen LogP contribution in [0, 0.1) is 5.92 Å². The van der Waals surface area contributed by atoms with Crippen molar-refractivity contribution in [3.63, 3.8) is 0 Å². The van der Waals surface area contributed by atoms with Crippen LogP contribution < -0.4 is 10.6 Å². The summed E-state index contributed by atoms with van der Waals surface area (Å²) < 4.78 is 10.8. The van der Waals surface area contributed by atoms with Crippen LogP contribution in [0.4, 0.5) is 0 Å². The molecule has 0 aliphatic carbocycles. The minimum atomic E-state index is 0.166. The van der Waals surface area contributed by atoms with Gasteiger partial charge in [-0.3, -0.25) is 4.79 Å². The van der Waals surface area contributed by atoms with Crippen molar-refractivity contribution in [1.29, 1.82) is 0 Å². The highest BCUT2D eigenvalue weighted by Gasteiger charge is 2.21. The average molecular weight is 242 g/mol. The van der Waals surface area contributed by atoms with Crippen LogP contribution in [0.2, 0.25) is 0 Å². The van der Waals surface area contributed by atoms with Gasteiger partial charge in [-0.2, -0.15) is 0 Å². The van der Waals surface area contributed by atoms with Crippen molar-refractivity contribution < 1.29 is 14.3 Å². The fourth-order valence-corrected chi connectivity index (χ4v) is 2.20. The van der Waals surface area contributed by atoms with Crippen LogP contribution in [-0.4, -0.2) is 51.5 Å². The Labute approximate surface area is 102 Å². The molecule has 5 heteroatoms. The van der Waals surface area contributed by atoms with Crippen molar-refractivity contribution in [3.8, 4) is 0 Å². The van der Waals surface area contributed by atoms with Crippen LogP contribution in [0.3, 0.4) is 0 Å². The van der Waals surface area contributed by atoms with Crippen molar-refractivity contribution in [1.82, 2.24) is 10.6 Å². The van der Waals surface area contributed by atoms with Crippen LogP contribution in [0.25, 0.3) is 0 Å². The highest BCUT2D eigenvalue weighted by atomic mass is 16.5. The standard InChI is InChI=1S/C12H22N2O3/c15-12(10-2-5-13-8-10)14-4-1-6-17-11-3-7-16-9-11/h10-11,13H,1-9H2,(H,14,15). The first kappa shape index (κ1) is 12.8. The summed E-state index contributed by atoms with van der Waals surface area (Å²) in [7, 11) is 0. The zero-order chi connectivity index (χ0) is 11.9. The maximum absolute atomic E-state index is 11.7. The molecule has 1 amide bonds. The van der Waals surface area contributed by atoms with Crippen molar-refractivity contribution in [3.05, 3.63) is 0 Å². The van der Waals surface area contributed by atoms with E-state index in [1.54, 1.807) is 0 Å². The molecule has 0 bridgehead atoms. The SMILES string of the molecule is O=C(NCCCOC1CCOC1)C1CCNC1. The molecule has 2 aliphatic heterocycles. The zero-order valence-corrected chi connectivity index (χ0v) is 10.2. The molecule has 5 nitrogen and oxygen atoms in total. The quantitative estimate of drug-likeness (QED) is 0.639. The van der Waals surface area contributed by atoms with Crippen molar-refractivity contribution >= 4 is 5.91 Å². The molecule has 2 fully saturated rings. The second-order valence-electron chi connectivity index (χ2n) is 4.69. The molecule has 0 aromatic rings. The van der Waals surface area contributed by atoms with E-state index in [2.05, 4.69) is 10.6 Å². The lowest BCUT2D eigenvalue weighted by molar-refractivity contribution is -0.124. The van der Waals surface area contributed by atoms with E-state index in [1.807, 2.05) is 0 Å². The Morgan fingerprint density at radius 3 is 3.12 bits per heavy atom. The third-order valence-electron chi connectivity index (χ3n) is 3.29. The molecular weight excluding hydrogens is 220 g/mol. The number of nitrogens with one attached hydrogen (secondary N) is 2. The highest BCUT2D eigenvalue weighted by Crippen LogP contribution is 2.08. The molecule has 2 aliphatic rings. The van der Waals surface area contributed by atoms with Crippen molar-refractivity contribution in [2.24, 2.45) is 5.92 Å². The fourth-order valence-electron chi connectivity index (χ4n) is 2.20. The lowest BCUT2D eigenvalue weighted by atomic mass is 10.1. The van der Waals surface area contributed by atoms with Crippen LogP contribution >= 0.6 is 0 Å². The summed E-state index contributed by atoms with van der Waals surface area (Å²) in [5.74, 6) is 0.346. The summed E-state index contributed by atoms with van der Waals surface area (Å²) >= 11 is 0. The summed E-state index contributed by atoms with van der Waals surface area (Å²) in [6, 6.07) is 0. The van der Waals surface area contributed by atoms with Gasteiger partial charge in [-0.15, -0.1) is 0 Å². The van der Waals surface area contributed by atoms with Crippen LogP contribution in [0.15, 0.2) is 0 Å². The second kappa shape index (κ2) is 6.93. The van der Waals surface area contributed by atoms with Crippen molar-refractivity contribution in [2.75, 3.05) is 39.5 Å². The van der Waals surface area contributed by atoms with E-state index < -0.39 is 0 Å². The predicted molar refractivity (Wildman–Crippen MR) is 63.8 cm³/mol. The molecule has 2 heterocycles. The zero-order valence-electron chi connectivity index (χ0n) is 10.2. The van der Waals surface area contributed by atoms with Crippen LogP contribution in [-0.2, 0) is 14.3 Å². The van der Waals surface area contributed by atoms with Gasteiger partial charge in [0.25, 0.3) is 0 Å². The van der Waals surface area contributed by atoms with Gasteiger partial charge < -0.3 is 20.1 Å². The van der Waals surface area contributed by atoms with Gasteiger partial charge in [-0.25, -0.2) is 0 Å². The Morgan fingerprint density at radius 1 is 1.47 bits per heavy atom. The number of hydrogen-bond donors (Lipinski definition) is 2. The normalized spacial score (nSPS) is 28.5.